The van der Waals surface area contributed by atoms with E-state index in [4.69, 9.17) is 14.7 Å². The molecule has 1 fully saturated rings. The van der Waals surface area contributed by atoms with Crippen molar-refractivity contribution in [1.82, 2.24) is 14.9 Å². The van der Waals surface area contributed by atoms with E-state index in [0.29, 0.717) is 6.04 Å². The zero-order valence-corrected chi connectivity index (χ0v) is 19.3. The van der Waals surface area contributed by atoms with Gasteiger partial charge in [0, 0.05) is 50.5 Å². The average Bonchev–Trinajstić information content (AvgIpc) is 3.30. The van der Waals surface area contributed by atoms with Crippen LogP contribution >= 0.6 is 0 Å². The molecule has 1 aliphatic carbocycles. The minimum Gasteiger partial charge on any atom is -0.493 e. The maximum absolute atomic E-state index is 10.0. The number of hydrogen-bond acceptors (Lipinski definition) is 6. The highest BCUT2D eigenvalue weighted by molar-refractivity contribution is 5.41. The van der Waals surface area contributed by atoms with Crippen LogP contribution in [0.5, 0.6) is 5.75 Å². The molecular weight excluding hydrogens is 400 g/mol. The number of aryl methyl sites for hydroxylation is 2. The number of fused-ring (bicyclic) bond motifs is 2. The van der Waals surface area contributed by atoms with E-state index in [-0.39, 0.29) is 6.10 Å². The summed E-state index contributed by atoms with van der Waals surface area (Å²) in [6.45, 7) is 7.05. The molecule has 6 nitrogen and oxygen atoms in total. The van der Waals surface area contributed by atoms with Crippen molar-refractivity contribution in [2.75, 3.05) is 37.7 Å². The molecule has 2 aromatic rings. The van der Waals surface area contributed by atoms with Crippen molar-refractivity contribution in [2.24, 2.45) is 0 Å². The van der Waals surface area contributed by atoms with Crippen LogP contribution in [0, 0.1) is 0 Å². The highest BCUT2D eigenvalue weighted by Crippen LogP contribution is 2.31. The Hall–Kier alpha value is -2.18. The van der Waals surface area contributed by atoms with E-state index >= 15 is 0 Å². The van der Waals surface area contributed by atoms with Gasteiger partial charge in [0.25, 0.3) is 0 Å². The average molecular weight is 437 g/mol. The maximum atomic E-state index is 10.0. The van der Waals surface area contributed by atoms with Crippen LogP contribution < -0.4 is 9.64 Å². The summed E-state index contributed by atoms with van der Waals surface area (Å²) in [7, 11) is 0. The number of anilines is 1. The van der Waals surface area contributed by atoms with Crippen LogP contribution in [0.2, 0.25) is 0 Å². The predicted molar refractivity (Wildman–Crippen MR) is 126 cm³/mol. The van der Waals surface area contributed by atoms with E-state index in [1.54, 1.807) is 0 Å². The van der Waals surface area contributed by atoms with E-state index in [1.165, 1.54) is 22.4 Å². The molecule has 2 aliphatic heterocycles. The molecule has 0 amide bonds. The number of benzene rings is 1. The van der Waals surface area contributed by atoms with Crippen LogP contribution in [0.3, 0.4) is 0 Å². The Kier molecular flexibility index (Phi) is 6.60. The minimum absolute atomic E-state index is 0.139. The van der Waals surface area contributed by atoms with Crippen LogP contribution in [-0.2, 0) is 19.3 Å². The summed E-state index contributed by atoms with van der Waals surface area (Å²) in [5.74, 6) is 1.96. The van der Waals surface area contributed by atoms with Crippen molar-refractivity contribution >= 4 is 5.95 Å². The number of rotatable bonds is 3. The lowest BCUT2D eigenvalue weighted by Gasteiger charge is -2.38. The van der Waals surface area contributed by atoms with E-state index in [2.05, 4.69) is 34.9 Å². The molecule has 1 N–H and O–H groups in total. The van der Waals surface area contributed by atoms with Crippen LogP contribution in [0.1, 0.15) is 67.5 Å². The predicted octanol–water partition coefficient (Wildman–Crippen LogP) is 3.70. The van der Waals surface area contributed by atoms with Gasteiger partial charge in [0.2, 0.25) is 5.95 Å². The first-order chi connectivity index (χ1) is 15.7. The Morgan fingerprint density at radius 3 is 2.72 bits per heavy atom. The first-order valence-corrected chi connectivity index (χ1v) is 12.4. The van der Waals surface area contributed by atoms with E-state index < -0.39 is 0 Å². The second-order valence-corrected chi connectivity index (χ2v) is 9.60. The Balaban J connectivity index is 1.22. The standard InChI is InChI=1S/C26H36N4O2/c1-19(21-10-9-20-11-16-32-25(20)17-21)29-12-14-30(15-13-29)26-27-18-22-5-4-7-23(31)6-2-3-8-24(22)28-26/h9-10,17-19,23,31H,2-8,11-16H2,1H3. The van der Waals surface area contributed by atoms with Gasteiger partial charge >= 0.3 is 0 Å². The molecular formula is C26H36N4O2. The minimum atomic E-state index is -0.139. The number of hydrogen-bond donors (Lipinski definition) is 1. The smallest absolute Gasteiger partial charge is 0.225 e. The Labute approximate surface area is 191 Å². The number of piperazine rings is 1. The van der Waals surface area contributed by atoms with Gasteiger partial charge in [-0.1, -0.05) is 18.6 Å². The van der Waals surface area contributed by atoms with Gasteiger partial charge in [0.15, 0.2) is 0 Å². The van der Waals surface area contributed by atoms with Crippen LogP contribution in [0.15, 0.2) is 24.4 Å². The molecule has 1 aromatic heterocycles. The third-order valence-electron chi connectivity index (χ3n) is 7.47. The van der Waals surface area contributed by atoms with E-state index in [9.17, 15) is 5.11 Å². The van der Waals surface area contributed by atoms with Crippen LogP contribution in [0.4, 0.5) is 5.95 Å². The molecule has 0 radical (unpaired) electrons. The Morgan fingerprint density at radius 1 is 1.00 bits per heavy atom. The summed E-state index contributed by atoms with van der Waals surface area (Å²) in [6, 6.07) is 7.13. The fourth-order valence-electron chi connectivity index (χ4n) is 5.32. The number of aliphatic hydroxyl groups is 1. The quantitative estimate of drug-likeness (QED) is 0.792. The summed E-state index contributed by atoms with van der Waals surface area (Å²) in [4.78, 5) is 14.7. The fraction of sp³-hybridized carbons (Fsp3) is 0.615. The van der Waals surface area contributed by atoms with Gasteiger partial charge in [-0.25, -0.2) is 9.97 Å². The molecule has 5 rings (SSSR count). The van der Waals surface area contributed by atoms with Gasteiger partial charge < -0.3 is 14.7 Å². The number of ether oxygens (including phenoxy) is 1. The first-order valence-electron chi connectivity index (χ1n) is 12.4. The van der Waals surface area contributed by atoms with E-state index in [0.717, 1.165) is 95.9 Å². The van der Waals surface area contributed by atoms with Gasteiger partial charge in [-0.05, 0) is 68.2 Å². The van der Waals surface area contributed by atoms with Gasteiger partial charge in [0.1, 0.15) is 5.75 Å². The molecule has 1 saturated heterocycles. The molecule has 32 heavy (non-hydrogen) atoms. The van der Waals surface area contributed by atoms with E-state index in [1.807, 2.05) is 6.20 Å². The molecule has 1 aromatic carbocycles. The summed E-state index contributed by atoms with van der Waals surface area (Å²) in [6.07, 6.45) is 9.90. The zero-order valence-electron chi connectivity index (χ0n) is 19.3. The molecule has 3 heterocycles. The maximum Gasteiger partial charge on any atom is 0.225 e. The molecule has 0 saturated carbocycles. The third-order valence-corrected chi connectivity index (χ3v) is 7.47. The van der Waals surface area contributed by atoms with Crippen molar-refractivity contribution in [2.45, 2.75) is 70.4 Å². The molecule has 172 valence electrons. The second kappa shape index (κ2) is 9.75. The van der Waals surface area contributed by atoms with Crippen molar-refractivity contribution in [3.05, 3.63) is 46.8 Å². The van der Waals surface area contributed by atoms with Gasteiger partial charge in [-0.2, -0.15) is 0 Å². The largest absolute Gasteiger partial charge is 0.493 e. The molecule has 2 unspecified atom stereocenters. The number of aromatic nitrogens is 2. The van der Waals surface area contributed by atoms with Crippen LogP contribution in [0.25, 0.3) is 0 Å². The van der Waals surface area contributed by atoms with Crippen molar-refractivity contribution in [1.29, 1.82) is 0 Å². The lowest BCUT2D eigenvalue weighted by molar-refractivity contribution is 0.148. The monoisotopic (exact) mass is 436 g/mol. The Morgan fingerprint density at radius 2 is 1.84 bits per heavy atom. The zero-order chi connectivity index (χ0) is 21.9. The molecule has 2 atom stereocenters. The van der Waals surface area contributed by atoms with Crippen molar-refractivity contribution in [3.8, 4) is 5.75 Å². The molecule has 0 bridgehead atoms. The second-order valence-electron chi connectivity index (χ2n) is 9.60. The summed E-state index contributed by atoms with van der Waals surface area (Å²) in [5.41, 5.74) is 5.17. The highest BCUT2D eigenvalue weighted by Gasteiger charge is 2.25. The van der Waals surface area contributed by atoms with Gasteiger partial charge in [0.05, 0.1) is 12.7 Å². The van der Waals surface area contributed by atoms with Crippen molar-refractivity contribution in [3.63, 3.8) is 0 Å². The van der Waals surface area contributed by atoms with Crippen molar-refractivity contribution < 1.29 is 9.84 Å². The molecule has 0 spiro atoms. The topological polar surface area (TPSA) is 61.7 Å². The number of nitrogens with zero attached hydrogens (tertiary/aromatic N) is 4. The summed E-state index contributed by atoms with van der Waals surface area (Å²) in [5, 5.41) is 10.0. The lowest BCUT2D eigenvalue weighted by Crippen LogP contribution is -2.47. The number of aliphatic hydroxyl groups excluding tert-OH is 1. The molecule has 3 aliphatic rings. The third kappa shape index (κ3) is 4.76. The van der Waals surface area contributed by atoms with Crippen LogP contribution in [-0.4, -0.2) is 58.9 Å². The van der Waals surface area contributed by atoms with Gasteiger partial charge in [-0.3, -0.25) is 4.90 Å². The highest BCUT2D eigenvalue weighted by atomic mass is 16.5. The Bertz CT molecular complexity index is 926. The normalized spacial score (nSPS) is 23.2. The summed E-state index contributed by atoms with van der Waals surface area (Å²) >= 11 is 0. The lowest BCUT2D eigenvalue weighted by atomic mass is 9.97. The molecule has 6 heteroatoms. The van der Waals surface area contributed by atoms with Gasteiger partial charge in [-0.15, -0.1) is 0 Å². The first kappa shape index (κ1) is 21.7. The summed E-state index contributed by atoms with van der Waals surface area (Å²) < 4.78 is 5.78. The SMILES string of the molecule is CC(c1ccc2c(c1)OCC2)N1CCN(c2ncc3c(n2)CCCCC(O)CCC3)CC1. The fourth-order valence-corrected chi connectivity index (χ4v) is 5.32.